The lowest BCUT2D eigenvalue weighted by Gasteiger charge is -2.22. The molecule has 1 fully saturated rings. The van der Waals surface area contributed by atoms with Crippen LogP contribution in [0.25, 0.3) is 0 Å². The quantitative estimate of drug-likeness (QED) is 0.806. The van der Waals surface area contributed by atoms with Gasteiger partial charge in [-0.1, -0.05) is 34.6 Å². The number of urea groups is 1. The van der Waals surface area contributed by atoms with Crippen LogP contribution in [0, 0.1) is 0 Å². The SMILES string of the molecule is C=C(Br)CN1C(=O)NC(C)(c2ccc(OC(F)F)cc2)C1=O. The largest absolute Gasteiger partial charge is 0.435 e. The van der Waals surface area contributed by atoms with Gasteiger partial charge in [-0.3, -0.25) is 9.69 Å². The molecule has 1 atom stereocenters. The first-order chi connectivity index (χ1) is 10.2. The van der Waals surface area contributed by atoms with Crippen molar-refractivity contribution in [2.24, 2.45) is 0 Å². The van der Waals surface area contributed by atoms with Gasteiger partial charge in [0, 0.05) is 4.48 Å². The highest BCUT2D eigenvalue weighted by Gasteiger charge is 2.48. The van der Waals surface area contributed by atoms with Crippen LogP contribution in [-0.2, 0) is 10.3 Å². The molecule has 1 aromatic rings. The van der Waals surface area contributed by atoms with Crippen LogP contribution in [0.15, 0.2) is 35.3 Å². The van der Waals surface area contributed by atoms with Crippen LogP contribution in [-0.4, -0.2) is 30.0 Å². The first kappa shape index (κ1) is 16.4. The van der Waals surface area contributed by atoms with Crippen LogP contribution in [0.3, 0.4) is 0 Å². The molecule has 0 aromatic heterocycles. The summed E-state index contributed by atoms with van der Waals surface area (Å²) < 4.78 is 29.0. The zero-order valence-electron chi connectivity index (χ0n) is 11.6. The Kier molecular flexibility index (Phi) is 4.50. The van der Waals surface area contributed by atoms with E-state index in [0.29, 0.717) is 10.0 Å². The van der Waals surface area contributed by atoms with Gasteiger partial charge in [0.1, 0.15) is 11.3 Å². The van der Waals surface area contributed by atoms with Crippen molar-refractivity contribution in [2.45, 2.75) is 19.1 Å². The Labute approximate surface area is 134 Å². The van der Waals surface area contributed by atoms with Crippen LogP contribution >= 0.6 is 15.9 Å². The van der Waals surface area contributed by atoms with Crippen molar-refractivity contribution in [1.29, 1.82) is 0 Å². The second kappa shape index (κ2) is 6.04. The van der Waals surface area contributed by atoms with E-state index in [1.165, 1.54) is 24.3 Å². The van der Waals surface area contributed by atoms with E-state index < -0.39 is 24.1 Å². The Balaban J connectivity index is 2.25. The molecule has 0 spiro atoms. The summed E-state index contributed by atoms with van der Waals surface area (Å²) >= 11 is 3.11. The number of carbonyl (C=O) groups excluding carboxylic acids is 2. The van der Waals surface area contributed by atoms with Crippen molar-refractivity contribution >= 4 is 27.9 Å². The van der Waals surface area contributed by atoms with Gasteiger partial charge in [-0.15, -0.1) is 0 Å². The summed E-state index contributed by atoms with van der Waals surface area (Å²) in [5.41, 5.74) is -0.793. The fourth-order valence-electron chi connectivity index (χ4n) is 2.18. The number of hydrogen-bond donors (Lipinski definition) is 1. The number of hydrogen-bond acceptors (Lipinski definition) is 3. The molecule has 3 amide bonds. The molecule has 1 heterocycles. The van der Waals surface area contributed by atoms with E-state index in [1.807, 2.05) is 0 Å². The second-order valence-corrected chi connectivity index (χ2v) is 5.99. The Morgan fingerprint density at radius 2 is 2.00 bits per heavy atom. The Morgan fingerprint density at radius 1 is 1.41 bits per heavy atom. The van der Waals surface area contributed by atoms with Gasteiger partial charge in [-0.2, -0.15) is 8.78 Å². The first-order valence-corrected chi connectivity index (χ1v) is 7.06. The number of nitrogens with zero attached hydrogens (tertiary/aromatic N) is 1. The van der Waals surface area contributed by atoms with Crippen LogP contribution < -0.4 is 10.1 Å². The van der Waals surface area contributed by atoms with Gasteiger partial charge >= 0.3 is 12.6 Å². The van der Waals surface area contributed by atoms with Crippen LogP contribution in [0.2, 0.25) is 0 Å². The molecule has 8 heteroatoms. The number of alkyl halides is 2. The number of rotatable bonds is 5. The third-order valence-electron chi connectivity index (χ3n) is 3.26. The summed E-state index contributed by atoms with van der Waals surface area (Å²) in [5.74, 6) is -0.467. The van der Waals surface area contributed by atoms with Crippen LogP contribution in [0.5, 0.6) is 5.75 Å². The summed E-state index contributed by atoms with van der Waals surface area (Å²) in [6, 6.07) is 5.02. The molecule has 118 valence electrons. The van der Waals surface area contributed by atoms with Crippen LogP contribution in [0.1, 0.15) is 12.5 Å². The van der Waals surface area contributed by atoms with E-state index in [0.717, 1.165) is 4.90 Å². The van der Waals surface area contributed by atoms with Gasteiger partial charge in [0.05, 0.1) is 6.54 Å². The van der Waals surface area contributed by atoms with Gasteiger partial charge in [-0.05, 0) is 24.6 Å². The molecule has 0 bridgehead atoms. The standard InChI is InChI=1S/C14H13BrF2N2O3/c1-8(15)7-19-11(20)14(2,18-13(19)21)9-3-5-10(6-4-9)22-12(16)17/h3-6,12H,1,7H2,2H3,(H,18,21). The van der Waals surface area contributed by atoms with E-state index in [2.05, 4.69) is 32.6 Å². The number of ether oxygens (including phenoxy) is 1. The zero-order chi connectivity index (χ0) is 16.5. The monoisotopic (exact) mass is 374 g/mol. The van der Waals surface area contributed by atoms with Gasteiger partial charge in [-0.25, -0.2) is 4.79 Å². The number of carbonyl (C=O) groups is 2. The maximum atomic E-state index is 12.5. The number of halogens is 3. The van der Waals surface area contributed by atoms with Gasteiger partial charge in [0.2, 0.25) is 0 Å². The lowest BCUT2D eigenvalue weighted by atomic mass is 9.92. The molecule has 0 saturated carbocycles. The molecular weight excluding hydrogens is 362 g/mol. The minimum Gasteiger partial charge on any atom is -0.435 e. The highest BCUT2D eigenvalue weighted by Crippen LogP contribution is 2.30. The molecule has 5 nitrogen and oxygen atoms in total. The highest BCUT2D eigenvalue weighted by molar-refractivity contribution is 9.11. The predicted octanol–water partition coefficient (Wildman–Crippen LogP) is 2.96. The molecule has 1 aromatic carbocycles. The maximum absolute atomic E-state index is 12.5. The Hall–Kier alpha value is -1.96. The first-order valence-electron chi connectivity index (χ1n) is 6.27. The summed E-state index contributed by atoms with van der Waals surface area (Å²) in [4.78, 5) is 25.4. The lowest BCUT2D eigenvalue weighted by Crippen LogP contribution is -2.41. The molecule has 22 heavy (non-hydrogen) atoms. The number of benzene rings is 1. The zero-order valence-corrected chi connectivity index (χ0v) is 13.2. The van der Waals surface area contributed by atoms with Crippen molar-refractivity contribution in [3.05, 3.63) is 40.9 Å². The Bertz CT molecular complexity index is 621. The second-order valence-electron chi connectivity index (χ2n) is 4.87. The summed E-state index contributed by atoms with van der Waals surface area (Å²) in [6.07, 6.45) is 0. The van der Waals surface area contributed by atoms with Crippen molar-refractivity contribution in [1.82, 2.24) is 10.2 Å². The van der Waals surface area contributed by atoms with Crippen LogP contribution in [0.4, 0.5) is 13.6 Å². The van der Waals surface area contributed by atoms with E-state index in [1.54, 1.807) is 6.92 Å². The van der Waals surface area contributed by atoms with Gasteiger partial charge in [0.25, 0.3) is 5.91 Å². The third kappa shape index (κ3) is 3.11. The minimum absolute atomic E-state index is 0.0233. The minimum atomic E-state index is -2.92. The average molecular weight is 375 g/mol. The van der Waals surface area contributed by atoms with E-state index in [9.17, 15) is 18.4 Å². The van der Waals surface area contributed by atoms with E-state index >= 15 is 0 Å². The summed E-state index contributed by atoms with van der Waals surface area (Å²) in [7, 11) is 0. The molecule has 1 saturated heterocycles. The van der Waals surface area contributed by atoms with Crippen molar-refractivity contribution in [2.75, 3.05) is 6.54 Å². The number of imide groups is 1. The molecule has 2 rings (SSSR count). The third-order valence-corrected chi connectivity index (χ3v) is 3.51. The summed E-state index contributed by atoms with van der Waals surface area (Å²) in [6.45, 7) is 2.28. The number of nitrogens with one attached hydrogen (secondary N) is 1. The number of amides is 3. The molecule has 1 N–H and O–H groups in total. The van der Waals surface area contributed by atoms with Crippen molar-refractivity contribution < 1.29 is 23.1 Å². The molecule has 1 aliphatic rings. The average Bonchev–Trinajstić information content (AvgIpc) is 2.63. The molecule has 0 radical (unpaired) electrons. The molecule has 0 aliphatic carbocycles. The predicted molar refractivity (Wildman–Crippen MR) is 78.7 cm³/mol. The normalized spacial score (nSPS) is 21.2. The highest BCUT2D eigenvalue weighted by atomic mass is 79.9. The fraction of sp³-hybridized carbons (Fsp3) is 0.286. The summed E-state index contributed by atoms with van der Waals surface area (Å²) in [5, 5.41) is 2.60. The van der Waals surface area contributed by atoms with Crippen molar-refractivity contribution in [3.63, 3.8) is 0 Å². The molecule has 1 unspecified atom stereocenters. The van der Waals surface area contributed by atoms with E-state index in [4.69, 9.17) is 0 Å². The Morgan fingerprint density at radius 3 is 2.50 bits per heavy atom. The lowest BCUT2D eigenvalue weighted by molar-refractivity contribution is -0.130. The maximum Gasteiger partial charge on any atom is 0.387 e. The van der Waals surface area contributed by atoms with Gasteiger partial charge < -0.3 is 10.1 Å². The fourth-order valence-corrected chi connectivity index (χ4v) is 2.43. The topological polar surface area (TPSA) is 58.6 Å². The molecule has 1 aliphatic heterocycles. The van der Waals surface area contributed by atoms with Gasteiger partial charge in [0.15, 0.2) is 0 Å². The van der Waals surface area contributed by atoms with E-state index in [-0.39, 0.29) is 12.3 Å². The molecular formula is C14H13BrF2N2O3. The smallest absolute Gasteiger partial charge is 0.387 e. The van der Waals surface area contributed by atoms with Crippen molar-refractivity contribution in [3.8, 4) is 5.75 Å².